The normalized spacial score (nSPS) is 12.8. The minimum atomic E-state index is -0.294. The van der Waals surface area contributed by atoms with Gasteiger partial charge in [-0.05, 0) is 6.42 Å². The van der Waals surface area contributed by atoms with Crippen molar-refractivity contribution in [2.24, 2.45) is 5.73 Å². The SMILES string of the molecule is CCCCCCCCc1nc(C(N)COC)no1. The van der Waals surface area contributed by atoms with E-state index in [1.807, 2.05) is 0 Å². The molecule has 5 heteroatoms. The zero-order valence-corrected chi connectivity index (χ0v) is 11.5. The van der Waals surface area contributed by atoms with Crippen molar-refractivity contribution in [2.75, 3.05) is 13.7 Å². The summed E-state index contributed by atoms with van der Waals surface area (Å²) in [6.45, 7) is 2.64. The summed E-state index contributed by atoms with van der Waals surface area (Å²) in [6, 6.07) is -0.294. The molecule has 0 aliphatic heterocycles. The lowest BCUT2D eigenvalue weighted by Crippen LogP contribution is -2.17. The van der Waals surface area contributed by atoms with Crippen LogP contribution in [-0.4, -0.2) is 23.9 Å². The average Bonchev–Trinajstić information content (AvgIpc) is 2.83. The molecule has 0 radical (unpaired) electrons. The number of unbranched alkanes of at least 4 members (excludes halogenated alkanes) is 5. The molecule has 1 aromatic heterocycles. The van der Waals surface area contributed by atoms with Gasteiger partial charge in [-0.25, -0.2) is 0 Å². The van der Waals surface area contributed by atoms with Gasteiger partial charge in [0.1, 0.15) is 0 Å². The van der Waals surface area contributed by atoms with E-state index >= 15 is 0 Å². The summed E-state index contributed by atoms with van der Waals surface area (Å²) >= 11 is 0. The lowest BCUT2D eigenvalue weighted by atomic mass is 10.1. The van der Waals surface area contributed by atoms with Crippen LogP contribution in [0.5, 0.6) is 0 Å². The predicted molar refractivity (Wildman–Crippen MR) is 70.2 cm³/mol. The summed E-state index contributed by atoms with van der Waals surface area (Å²) in [6.07, 6.45) is 8.40. The Morgan fingerprint density at radius 3 is 2.67 bits per heavy atom. The molecular weight excluding hydrogens is 230 g/mol. The number of nitrogens with zero attached hydrogens (tertiary/aromatic N) is 2. The Kier molecular flexibility index (Phi) is 7.60. The molecule has 18 heavy (non-hydrogen) atoms. The van der Waals surface area contributed by atoms with Crippen molar-refractivity contribution in [3.63, 3.8) is 0 Å². The van der Waals surface area contributed by atoms with Crippen LogP contribution in [0, 0.1) is 0 Å². The van der Waals surface area contributed by atoms with E-state index in [1.54, 1.807) is 7.11 Å². The Hall–Kier alpha value is -0.940. The zero-order chi connectivity index (χ0) is 13.2. The first-order valence-electron chi connectivity index (χ1n) is 6.85. The van der Waals surface area contributed by atoms with Crippen LogP contribution < -0.4 is 5.73 Å². The highest BCUT2D eigenvalue weighted by atomic mass is 16.5. The maximum atomic E-state index is 5.82. The topological polar surface area (TPSA) is 74.2 Å². The van der Waals surface area contributed by atoms with Crippen LogP contribution in [0.4, 0.5) is 0 Å². The number of rotatable bonds is 10. The van der Waals surface area contributed by atoms with Gasteiger partial charge >= 0.3 is 0 Å². The molecule has 0 saturated carbocycles. The Morgan fingerprint density at radius 2 is 1.94 bits per heavy atom. The largest absolute Gasteiger partial charge is 0.383 e. The lowest BCUT2D eigenvalue weighted by Gasteiger charge is -2.03. The van der Waals surface area contributed by atoms with E-state index in [0.717, 1.165) is 12.8 Å². The summed E-state index contributed by atoms with van der Waals surface area (Å²) in [5.41, 5.74) is 5.82. The predicted octanol–water partition coefficient (Wildman–Crippen LogP) is 2.62. The highest BCUT2D eigenvalue weighted by Gasteiger charge is 2.13. The van der Waals surface area contributed by atoms with Crippen molar-refractivity contribution >= 4 is 0 Å². The fraction of sp³-hybridized carbons (Fsp3) is 0.846. The average molecular weight is 255 g/mol. The van der Waals surface area contributed by atoms with E-state index in [2.05, 4.69) is 17.1 Å². The van der Waals surface area contributed by atoms with Crippen LogP contribution in [0.1, 0.15) is 63.2 Å². The molecule has 5 nitrogen and oxygen atoms in total. The van der Waals surface area contributed by atoms with Crippen molar-refractivity contribution in [1.82, 2.24) is 10.1 Å². The van der Waals surface area contributed by atoms with E-state index in [0.29, 0.717) is 18.3 Å². The number of aryl methyl sites for hydroxylation is 1. The quantitative estimate of drug-likeness (QED) is 0.650. The van der Waals surface area contributed by atoms with Gasteiger partial charge in [-0.1, -0.05) is 44.2 Å². The molecule has 0 aliphatic carbocycles. The maximum absolute atomic E-state index is 5.82. The zero-order valence-electron chi connectivity index (χ0n) is 11.5. The molecule has 0 amide bonds. The van der Waals surface area contributed by atoms with Gasteiger partial charge in [0.25, 0.3) is 0 Å². The van der Waals surface area contributed by atoms with Crippen molar-refractivity contribution < 1.29 is 9.26 Å². The maximum Gasteiger partial charge on any atom is 0.226 e. The Labute approximate surface area is 109 Å². The summed E-state index contributed by atoms with van der Waals surface area (Å²) in [5.74, 6) is 1.23. The van der Waals surface area contributed by atoms with E-state index in [1.165, 1.54) is 32.1 Å². The lowest BCUT2D eigenvalue weighted by molar-refractivity contribution is 0.177. The second kappa shape index (κ2) is 9.05. The Morgan fingerprint density at radius 1 is 1.22 bits per heavy atom. The summed E-state index contributed by atoms with van der Waals surface area (Å²) < 4.78 is 10.1. The molecule has 2 N–H and O–H groups in total. The van der Waals surface area contributed by atoms with Gasteiger partial charge in [0, 0.05) is 13.5 Å². The molecule has 1 unspecified atom stereocenters. The standard InChI is InChI=1S/C13H25N3O2/c1-3-4-5-6-7-8-9-12-15-13(16-18-12)11(14)10-17-2/h11H,3-10,14H2,1-2H3. The molecule has 1 heterocycles. The van der Waals surface area contributed by atoms with E-state index in [4.69, 9.17) is 15.0 Å². The third kappa shape index (κ3) is 5.60. The minimum Gasteiger partial charge on any atom is -0.383 e. The minimum absolute atomic E-state index is 0.294. The fourth-order valence-electron chi connectivity index (χ4n) is 1.83. The summed E-state index contributed by atoms with van der Waals surface area (Å²) in [4.78, 5) is 4.28. The molecule has 1 aromatic rings. The number of methoxy groups -OCH3 is 1. The molecule has 0 saturated heterocycles. The third-order valence-electron chi connectivity index (χ3n) is 2.91. The van der Waals surface area contributed by atoms with Gasteiger partial charge in [-0.15, -0.1) is 0 Å². The van der Waals surface area contributed by atoms with Gasteiger partial charge in [0.05, 0.1) is 12.6 Å². The van der Waals surface area contributed by atoms with Crippen molar-refractivity contribution in [3.8, 4) is 0 Å². The molecule has 0 aliphatic rings. The van der Waals surface area contributed by atoms with Crippen molar-refractivity contribution in [3.05, 3.63) is 11.7 Å². The van der Waals surface area contributed by atoms with Crippen LogP contribution in [0.15, 0.2) is 4.52 Å². The van der Waals surface area contributed by atoms with Crippen LogP contribution in [0.3, 0.4) is 0 Å². The van der Waals surface area contributed by atoms with Crippen LogP contribution in [0.2, 0.25) is 0 Å². The number of hydrogen-bond donors (Lipinski definition) is 1. The number of ether oxygens (including phenoxy) is 1. The third-order valence-corrected chi connectivity index (χ3v) is 2.91. The molecule has 104 valence electrons. The van der Waals surface area contributed by atoms with E-state index in [9.17, 15) is 0 Å². The molecule has 0 aromatic carbocycles. The second-order valence-corrected chi connectivity index (χ2v) is 4.63. The van der Waals surface area contributed by atoms with Crippen molar-refractivity contribution in [1.29, 1.82) is 0 Å². The first kappa shape index (κ1) is 15.1. The number of aromatic nitrogens is 2. The smallest absolute Gasteiger partial charge is 0.226 e. The second-order valence-electron chi connectivity index (χ2n) is 4.63. The fourth-order valence-corrected chi connectivity index (χ4v) is 1.83. The van der Waals surface area contributed by atoms with Gasteiger partial charge in [0.15, 0.2) is 5.82 Å². The monoisotopic (exact) mass is 255 g/mol. The van der Waals surface area contributed by atoms with Gasteiger partial charge in [-0.3, -0.25) is 0 Å². The van der Waals surface area contributed by atoms with Gasteiger partial charge in [-0.2, -0.15) is 4.98 Å². The van der Waals surface area contributed by atoms with Gasteiger partial charge < -0.3 is 15.0 Å². The molecule has 1 rings (SSSR count). The van der Waals surface area contributed by atoms with E-state index < -0.39 is 0 Å². The highest BCUT2D eigenvalue weighted by Crippen LogP contribution is 2.11. The van der Waals surface area contributed by atoms with E-state index in [-0.39, 0.29) is 6.04 Å². The summed E-state index contributed by atoms with van der Waals surface area (Å²) in [5, 5.41) is 3.87. The molecule has 1 atom stereocenters. The Balaban J connectivity index is 2.19. The number of hydrogen-bond acceptors (Lipinski definition) is 5. The first-order valence-corrected chi connectivity index (χ1v) is 6.85. The van der Waals surface area contributed by atoms with Crippen LogP contribution in [0.25, 0.3) is 0 Å². The first-order chi connectivity index (χ1) is 8.77. The number of nitrogens with two attached hydrogens (primary N) is 1. The molecule has 0 fully saturated rings. The molecular formula is C13H25N3O2. The summed E-state index contributed by atoms with van der Waals surface area (Å²) in [7, 11) is 1.61. The molecule has 0 spiro atoms. The van der Waals surface area contributed by atoms with Crippen LogP contribution in [-0.2, 0) is 11.2 Å². The van der Waals surface area contributed by atoms with Crippen molar-refractivity contribution in [2.45, 2.75) is 57.9 Å². The van der Waals surface area contributed by atoms with Crippen LogP contribution >= 0.6 is 0 Å². The van der Waals surface area contributed by atoms with Gasteiger partial charge in [0.2, 0.25) is 5.89 Å². The molecule has 0 bridgehead atoms. The Bertz CT molecular complexity index is 315. The highest BCUT2D eigenvalue weighted by molar-refractivity contribution is 4.92.